The summed E-state index contributed by atoms with van der Waals surface area (Å²) in [6.45, 7) is 0. The first kappa shape index (κ1) is 13.8. The molecule has 0 radical (unpaired) electrons. The zero-order valence-electron chi connectivity index (χ0n) is 8.81. The number of halogens is 4. The van der Waals surface area contributed by atoms with Gasteiger partial charge in [0, 0.05) is 16.0 Å². The van der Waals surface area contributed by atoms with Gasteiger partial charge in [0.1, 0.15) is 0 Å². The van der Waals surface area contributed by atoms with Gasteiger partial charge in [-0.05, 0) is 47.7 Å². The maximum Gasteiger partial charge on any atom is 0.389 e. The van der Waals surface area contributed by atoms with E-state index >= 15 is 0 Å². The zero-order valence-corrected chi connectivity index (χ0v) is 11.0. The number of alkyl halides is 3. The van der Waals surface area contributed by atoms with Crippen LogP contribution >= 0.6 is 22.6 Å². The topological polar surface area (TPSA) is 12.0 Å². The Morgan fingerprint density at radius 2 is 1.94 bits per heavy atom. The Balaban J connectivity index is 2.72. The van der Waals surface area contributed by atoms with Gasteiger partial charge in [-0.2, -0.15) is 13.2 Å². The van der Waals surface area contributed by atoms with Crippen molar-refractivity contribution >= 4 is 22.6 Å². The van der Waals surface area contributed by atoms with Crippen LogP contribution < -0.4 is 5.32 Å². The van der Waals surface area contributed by atoms with Crippen LogP contribution in [0.1, 0.15) is 24.4 Å². The van der Waals surface area contributed by atoms with Crippen molar-refractivity contribution in [3.05, 3.63) is 33.4 Å². The predicted octanol–water partition coefficient (Wildman–Crippen LogP) is 3.89. The summed E-state index contributed by atoms with van der Waals surface area (Å²) in [6, 6.07) is 7.24. The van der Waals surface area contributed by atoms with E-state index in [0.717, 1.165) is 9.13 Å². The van der Waals surface area contributed by atoms with E-state index in [9.17, 15) is 13.2 Å². The van der Waals surface area contributed by atoms with E-state index in [4.69, 9.17) is 0 Å². The second-order valence-corrected chi connectivity index (χ2v) is 4.68. The van der Waals surface area contributed by atoms with Crippen molar-refractivity contribution in [2.24, 2.45) is 0 Å². The first-order chi connectivity index (χ1) is 7.44. The molecule has 1 unspecified atom stereocenters. The Bertz CT molecular complexity index is 338. The molecule has 0 aliphatic carbocycles. The standard InChI is InChI=1S/C11H13F3IN/c1-16-10(6-7-11(12,13)14)8-4-2-3-5-9(8)15/h2-5,10,16H,6-7H2,1H3. The molecule has 16 heavy (non-hydrogen) atoms. The Labute approximate surface area is 107 Å². The summed E-state index contributed by atoms with van der Waals surface area (Å²) in [5, 5.41) is 2.93. The molecule has 0 amide bonds. The molecular formula is C11H13F3IN. The van der Waals surface area contributed by atoms with Gasteiger partial charge in [0.15, 0.2) is 0 Å². The molecule has 1 nitrogen and oxygen atoms in total. The molecule has 0 spiro atoms. The third-order valence-electron chi connectivity index (χ3n) is 2.35. The van der Waals surface area contributed by atoms with Gasteiger partial charge in [0.25, 0.3) is 0 Å². The van der Waals surface area contributed by atoms with Crippen molar-refractivity contribution in [3.8, 4) is 0 Å². The van der Waals surface area contributed by atoms with Gasteiger partial charge in [-0.1, -0.05) is 18.2 Å². The van der Waals surface area contributed by atoms with Crippen LogP contribution in [-0.4, -0.2) is 13.2 Å². The van der Waals surface area contributed by atoms with Gasteiger partial charge in [0.2, 0.25) is 0 Å². The molecule has 1 aromatic carbocycles. The molecule has 0 heterocycles. The van der Waals surface area contributed by atoms with Gasteiger partial charge in [-0.25, -0.2) is 0 Å². The predicted molar refractivity (Wildman–Crippen MR) is 66.2 cm³/mol. The lowest BCUT2D eigenvalue weighted by molar-refractivity contribution is -0.136. The average molecular weight is 343 g/mol. The fourth-order valence-electron chi connectivity index (χ4n) is 1.52. The van der Waals surface area contributed by atoms with E-state index in [-0.39, 0.29) is 12.5 Å². The smallest absolute Gasteiger partial charge is 0.313 e. The Kier molecular flexibility index (Phi) is 5.04. The first-order valence-corrected chi connectivity index (χ1v) is 6.00. The number of nitrogens with one attached hydrogen (secondary N) is 1. The highest BCUT2D eigenvalue weighted by atomic mass is 127. The Hall–Kier alpha value is -0.300. The van der Waals surface area contributed by atoms with Crippen molar-refractivity contribution < 1.29 is 13.2 Å². The van der Waals surface area contributed by atoms with E-state index in [1.807, 2.05) is 24.3 Å². The van der Waals surface area contributed by atoms with Gasteiger partial charge in [-0.15, -0.1) is 0 Å². The maximum absolute atomic E-state index is 12.1. The third-order valence-corrected chi connectivity index (χ3v) is 3.33. The molecule has 1 aromatic rings. The van der Waals surface area contributed by atoms with Crippen LogP contribution in [0.3, 0.4) is 0 Å². The minimum Gasteiger partial charge on any atom is -0.313 e. The van der Waals surface area contributed by atoms with Crippen LogP contribution in [0.15, 0.2) is 24.3 Å². The lowest BCUT2D eigenvalue weighted by atomic mass is 10.0. The molecule has 1 rings (SSSR count). The summed E-state index contributed by atoms with van der Waals surface area (Å²) in [4.78, 5) is 0. The molecule has 0 saturated heterocycles. The van der Waals surface area contributed by atoms with Crippen molar-refractivity contribution in [1.82, 2.24) is 5.32 Å². The lowest BCUT2D eigenvalue weighted by Crippen LogP contribution is -2.20. The molecule has 0 fully saturated rings. The molecule has 1 N–H and O–H groups in total. The van der Waals surface area contributed by atoms with Crippen LogP contribution in [0, 0.1) is 3.57 Å². The first-order valence-electron chi connectivity index (χ1n) is 4.92. The van der Waals surface area contributed by atoms with E-state index in [1.54, 1.807) is 7.05 Å². The summed E-state index contributed by atoms with van der Waals surface area (Å²) in [5.74, 6) is 0. The maximum atomic E-state index is 12.1. The Morgan fingerprint density at radius 1 is 1.31 bits per heavy atom. The van der Waals surface area contributed by atoms with Gasteiger partial charge < -0.3 is 5.32 Å². The number of hydrogen-bond donors (Lipinski definition) is 1. The molecule has 1 atom stereocenters. The van der Waals surface area contributed by atoms with Crippen molar-refractivity contribution in [3.63, 3.8) is 0 Å². The minimum absolute atomic E-state index is 0.0695. The summed E-state index contributed by atoms with van der Waals surface area (Å²) in [5.41, 5.74) is 0.926. The monoisotopic (exact) mass is 343 g/mol. The third kappa shape index (κ3) is 4.29. The molecule has 90 valence electrons. The van der Waals surface area contributed by atoms with E-state index < -0.39 is 12.6 Å². The summed E-state index contributed by atoms with van der Waals surface area (Å²) < 4.78 is 37.4. The summed E-state index contributed by atoms with van der Waals surface area (Å²) in [7, 11) is 1.68. The fourth-order valence-corrected chi connectivity index (χ4v) is 2.28. The summed E-state index contributed by atoms with van der Waals surface area (Å²) in [6.07, 6.45) is -4.78. The average Bonchev–Trinajstić information content (AvgIpc) is 2.20. The van der Waals surface area contributed by atoms with Gasteiger partial charge >= 0.3 is 6.18 Å². The lowest BCUT2D eigenvalue weighted by Gasteiger charge is -2.18. The number of benzene rings is 1. The van der Waals surface area contributed by atoms with Crippen LogP contribution in [0.25, 0.3) is 0 Å². The number of hydrogen-bond acceptors (Lipinski definition) is 1. The molecule has 0 bridgehead atoms. The molecule has 0 aliphatic heterocycles. The normalized spacial score (nSPS) is 13.8. The fraction of sp³-hybridized carbons (Fsp3) is 0.455. The highest BCUT2D eigenvalue weighted by Gasteiger charge is 2.28. The van der Waals surface area contributed by atoms with Crippen molar-refractivity contribution in [2.75, 3.05) is 7.05 Å². The van der Waals surface area contributed by atoms with Gasteiger partial charge in [0.05, 0.1) is 0 Å². The zero-order chi connectivity index (χ0) is 12.2. The van der Waals surface area contributed by atoms with Crippen LogP contribution in [0.2, 0.25) is 0 Å². The largest absolute Gasteiger partial charge is 0.389 e. The molecular weight excluding hydrogens is 330 g/mol. The van der Waals surface area contributed by atoms with Gasteiger partial charge in [-0.3, -0.25) is 0 Å². The SMILES string of the molecule is CNC(CCC(F)(F)F)c1ccccc1I. The second-order valence-electron chi connectivity index (χ2n) is 3.52. The van der Waals surface area contributed by atoms with E-state index in [1.165, 1.54) is 0 Å². The molecule has 0 aliphatic rings. The van der Waals surface area contributed by atoms with E-state index in [2.05, 4.69) is 27.9 Å². The van der Waals surface area contributed by atoms with E-state index in [0.29, 0.717) is 0 Å². The number of rotatable bonds is 4. The highest BCUT2D eigenvalue weighted by Crippen LogP contribution is 2.29. The molecule has 0 saturated carbocycles. The van der Waals surface area contributed by atoms with Crippen LogP contribution in [0.5, 0.6) is 0 Å². The van der Waals surface area contributed by atoms with Crippen LogP contribution in [0.4, 0.5) is 13.2 Å². The summed E-state index contributed by atoms with van der Waals surface area (Å²) >= 11 is 2.14. The minimum atomic E-state index is -4.09. The highest BCUT2D eigenvalue weighted by molar-refractivity contribution is 14.1. The molecule has 5 heteroatoms. The van der Waals surface area contributed by atoms with Crippen molar-refractivity contribution in [1.29, 1.82) is 0 Å². The van der Waals surface area contributed by atoms with Crippen molar-refractivity contribution in [2.45, 2.75) is 25.1 Å². The quantitative estimate of drug-likeness (QED) is 0.818. The Morgan fingerprint density at radius 3 is 2.44 bits per heavy atom. The second kappa shape index (κ2) is 5.86. The molecule has 0 aromatic heterocycles. The van der Waals surface area contributed by atoms with Crippen LogP contribution in [-0.2, 0) is 0 Å².